The Balaban J connectivity index is 2.31. The number of carboxylic acids is 1. The third-order valence-electron chi connectivity index (χ3n) is 2.67. The topological polar surface area (TPSA) is 75.6 Å². The SMILES string of the molecule is Cc1cc(OCCNC(=O)CCC(=O)O)cc(C)c1Cl. The van der Waals surface area contributed by atoms with E-state index < -0.39 is 5.97 Å². The van der Waals surface area contributed by atoms with Crippen molar-refractivity contribution < 1.29 is 19.4 Å². The third kappa shape index (κ3) is 5.48. The second-order valence-corrected chi connectivity index (χ2v) is 4.84. The number of benzene rings is 1. The first-order valence-corrected chi connectivity index (χ1v) is 6.66. The van der Waals surface area contributed by atoms with Crippen LogP contribution in [0.1, 0.15) is 24.0 Å². The number of hydrogen-bond donors (Lipinski definition) is 2. The Morgan fingerprint density at radius 1 is 1.25 bits per heavy atom. The number of carbonyl (C=O) groups is 2. The van der Waals surface area contributed by atoms with Crippen molar-refractivity contribution in [3.8, 4) is 5.75 Å². The van der Waals surface area contributed by atoms with E-state index in [0.717, 1.165) is 16.1 Å². The van der Waals surface area contributed by atoms with E-state index in [9.17, 15) is 9.59 Å². The molecule has 0 saturated carbocycles. The van der Waals surface area contributed by atoms with Crippen molar-refractivity contribution in [2.45, 2.75) is 26.7 Å². The van der Waals surface area contributed by atoms with Crippen LogP contribution in [0.4, 0.5) is 0 Å². The van der Waals surface area contributed by atoms with E-state index in [2.05, 4.69) is 5.32 Å². The smallest absolute Gasteiger partial charge is 0.303 e. The lowest BCUT2D eigenvalue weighted by molar-refractivity contribution is -0.138. The number of carboxylic acid groups (broad SMARTS) is 1. The quantitative estimate of drug-likeness (QED) is 0.758. The fourth-order valence-electron chi connectivity index (χ4n) is 1.66. The highest BCUT2D eigenvalue weighted by Crippen LogP contribution is 2.25. The van der Waals surface area contributed by atoms with E-state index in [0.29, 0.717) is 18.9 Å². The fraction of sp³-hybridized carbons (Fsp3) is 0.429. The van der Waals surface area contributed by atoms with Gasteiger partial charge in [-0.15, -0.1) is 0 Å². The van der Waals surface area contributed by atoms with E-state index in [-0.39, 0.29) is 18.7 Å². The van der Waals surface area contributed by atoms with Gasteiger partial charge in [-0.3, -0.25) is 9.59 Å². The molecule has 20 heavy (non-hydrogen) atoms. The summed E-state index contributed by atoms with van der Waals surface area (Å²) in [5.74, 6) is -0.577. The summed E-state index contributed by atoms with van der Waals surface area (Å²) < 4.78 is 5.51. The Morgan fingerprint density at radius 3 is 2.40 bits per heavy atom. The lowest BCUT2D eigenvalue weighted by Crippen LogP contribution is -2.28. The molecule has 0 aliphatic carbocycles. The molecule has 0 heterocycles. The first-order chi connectivity index (χ1) is 9.40. The van der Waals surface area contributed by atoms with Crippen LogP contribution in [0.25, 0.3) is 0 Å². The van der Waals surface area contributed by atoms with Crippen LogP contribution in [-0.4, -0.2) is 30.1 Å². The molecule has 0 atom stereocenters. The molecular weight excluding hydrogens is 282 g/mol. The minimum absolute atomic E-state index is 0.0194. The van der Waals surface area contributed by atoms with Crippen LogP contribution in [0, 0.1) is 13.8 Å². The minimum Gasteiger partial charge on any atom is -0.492 e. The molecule has 0 aromatic heterocycles. The van der Waals surface area contributed by atoms with Gasteiger partial charge in [-0.1, -0.05) is 11.6 Å². The maximum absolute atomic E-state index is 11.3. The Kier molecular flexibility index (Phi) is 6.31. The Labute approximate surface area is 122 Å². The van der Waals surface area contributed by atoms with Crippen molar-refractivity contribution in [2.75, 3.05) is 13.2 Å². The molecule has 1 rings (SSSR count). The third-order valence-corrected chi connectivity index (χ3v) is 3.27. The van der Waals surface area contributed by atoms with Gasteiger partial charge in [0.1, 0.15) is 12.4 Å². The molecule has 0 saturated heterocycles. The molecule has 0 radical (unpaired) electrons. The maximum atomic E-state index is 11.3. The summed E-state index contributed by atoms with van der Waals surface area (Å²) in [6, 6.07) is 3.67. The molecule has 6 heteroatoms. The van der Waals surface area contributed by atoms with Crippen LogP contribution in [0.5, 0.6) is 5.75 Å². The van der Waals surface area contributed by atoms with Crippen molar-refractivity contribution in [3.05, 3.63) is 28.3 Å². The molecule has 0 aliphatic heterocycles. The monoisotopic (exact) mass is 299 g/mol. The zero-order chi connectivity index (χ0) is 15.1. The van der Waals surface area contributed by atoms with Crippen LogP contribution in [0.2, 0.25) is 5.02 Å². The predicted molar refractivity (Wildman–Crippen MR) is 76.3 cm³/mol. The second-order valence-electron chi connectivity index (χ2n) is 4.46. The zero-order valence-electron chi connectivity index (χ0n) is 11.5. The number of halogens is 1. The highest BCUT2D eigenvalue weighted by Gasteiger charge is 2.06. The normalized spacial score (nSPS) is 10.2. The standard InChI is InChI=1S/C14H18ClNO4/c1-9-7-11(8-10(2)14(9)15)20-6-5-16-12(17)3-4-13(18)19/h7-8H,3-6H2,1-2H3,(H,16,17)(H,18,19). The van der Waals surface area contributed by atoms with Crippen LogP contribution in [-0.2, 0) is 9.59 Å². The van der Waals surface area contributed by atoms with Crippen LogP contribution >= 0.6 is 11.6 Å². The summed E-state index contributed by atoms with van der Waals surface area (Å²) in [4.78, 5) is 21.6. The number of aliphatic carboxylic acids is 1. The van der Waals surface area contributed by atoms with Crippen LogP contribution in [0.3, 0.4) is 0 Å². The molecule has 0 aliphatic rings. The Bertz CT molecular complexity index is 479. The van der Waals surface area contributed by atoms with Crippen molar-refractivity contribution in [3.63, 3.8) is 0 Å². The van der Waals surface area contributed by atoms with Crippen molar-refractivity contribution in [1.82, 2.24) is 5.32 Å². The minimum atomic E-state index is -0.983. The molecule has 1 aromatic carbocycles. The number of amides is 1. The van der Waals surface area contributed by atoms with E-state index in [4.69, 9.17) is 21.4 Å². The maximum Gasteiger partial charge on any atom is 0.303 e. The van der Waals surface area contributed by atoms with Gasteiger partial charge < -0.3 is 15.2 Å². The molecule has 0 fully saturated rings. The lowest BCUT2D eigenvalue weighted by atomic mass is 10.1. The Hall–Kier alpha value is -1.75. The van der Waals surface area contributed by atoms with Gasteiger partial charge in [0, 0.05) is 11.4 Å². The Morgan fingerprint density at radius 2 is 1.85 bits per heavy atom. The molecule has 1 amide bonds. The molecule has 0 unspecified atom stereocenters. The first kappa shape index (κ1) is 16.3. The molecule has 5 nitrogen and oxygen atoms in total. The van der Waals surface area contributed by atoms with Crippen LogP contribution in [0.15, 0.2) is 12.1 Å². The summed E-state index contributed by atoms with van der Waals surface area (Å²) in [5, 5.41) is 11.8. The average molecular weight is 300 g/mol. The van der Waals surface area contributed by atoms with Gasteiger partial charge in [-0.25, -0.2) is 0 Å². The van der Waals surface area contributed by atoms with Gasteiger partial charge in [0.15, 0.2) is 0 Å². The number of carbonyl (C=O) groups excluding carboxylic acids is 1. The highest BCUT2D eigenvalue weighted by molar-refractivity contribution is 6.32. The van der Waals surface area contributed by atoms with Crippen LogP contribution < -0.4 is 10.1 Å². The van der Waals surface area contributed by atoms with Gasteiger partial charge in [0.25, 0.3) is 0 Å². The highest BCUT2D eigenvalue weighted by atomic mass is 35.5. The van der Waals surface area contributed by atoms with Gasteiger partial charge in [-0.2, -0.15) is 0 Å². The van der Waals surface area contributed by atoms with Crippen molar-refractivity contribution in [2.24, 2.45) is 0 Å². The van der Waals surface area contributed by atoms with Gasteiger partial charge >= 0.3 is 5.97 Å². The summed E-state index contributed by atoms with van der Waals surface area (Å²) in [5.41, 5.74) is 1.87. The molecule has 110 valence electrons. The first-order valence-electron chi connectivity index (χ1n) is 6.28. The molecule has 0 spiro atoms. The van der Waals surface area contributed by atoms with E-state index in [1.54, 1.807) is 0 Å². The van der Waals surface area contributed by atoms with E-state index in [1.165, 1.54) is 0 Å². The van der Waals surface area contributed by atoms with Gasteiger partial charge in [0.05, 0.1) is 13.0 Å². The summed E-state index contributed by atoms with van der Waals surface area (Å²) >= 11 is 6.05. The van der Waals surface area contributed by atoms with E-state index in [1.807, 2.05) is 26.0 Å². The fourth-order valence-corrected chi connectivity index (χ4v) is 1.77. The van der Waals surface area contributed by atoms with Crippen molar-refractivity contribution in [1.29, 1.82) is 0 Å². The summed E-state index contributed by atoms with van der Waals surface area (Å²) in [6.45, 7) is 4.45. The molecule has 0 bridgehead atoms. The van der Waals surface area contributed by atoms with Gasteiger partial charge in [-0.05, 0) is 37.1 Å². The van der Waals surface area contributed by atoms with Crippen molar-refractivity contribution >= 4 is 23.5 Å². The number of hydrogen-bond acceptors (Lipinski definition) is 3. The summed E-state index contributed by atoms with van der Waals surface area (Å²) in [6.07, 6.45) is -0.184. The molecular formula is C14H18ClNO4. The number of nitrogens with one attached hydrogen (secondary N) is 1. The number of rotatable bonds is 7. The largest absolute Gasteiger partial charge is 0.492 e. The van der Waals surface area contributed by atoms with Gasteiger partial charge in [0.2, 0.25) is 5.91 Å². The molecule has 1 aromatic rings. The molecule has 2 N–H and O–H groups in total. The zero-order valence-corrected chi connectivity index (χ0v) is 12.3. The number of aryl methyl sites for hydroxylation is 2. The predicted octanol–water partition coefficient (Wildman–Crippen LogP) is 2.32. The average Bonchev–Trinajstić information content (AvgIpc) is 2.38. The van der Waals surface area contributed by atoms with E-state index >= 15 is 0 Å². The second kappa shape index (κ2) is 7.75. The lowest BCUT2D eigenvalue weighted by Gasteiger charge is -2.10. The number of ether oxygens (including phenoxy) is 1. The summed E-state index contributed by atoms with van der Waals surface area (Å²) in [7, 11) is 0.